The molecule has 0 fully saturated rings. The lowest BCUT2D eigenvalue weighted by molar-refractivity contribution is -0.133. The number of para-hydroxylation sites is 1. The van der Waals surface area contributed by atoms with E-state index in [9.17, 15) is 24.0 Å². The van der Waals surface area contributed by atoms with Gasteiger partial charge in [0.15, 0.2) is 11.5 Å². The molecule has 4 aromatic carbocycles. The molecule has 5 rings (SSSR count). The van der Waals surface area contributed by atoms with Crippen LogP contribution in [0, 0.1) is 0 Å². The molecule has 4 aromatic rings. The van der Waals surface area contributed by atoms with Crippen LogP contribution in [-0.2, 0) is 38.4 Å². The number of benzene rings is 4. The molecule has 13 nitrogen and oxygen atoms in total. The molecule has 5 N–H and O–H groups in total. The minimum atomic E-state index is -1.30. The van der Waals surface area contributed by atoms with Gasteiger partial charge in [0.2, 0.25) is 23.6 Å². The van der Waals surface area contributed by atoms with Crippen molar-refractivity contribution in [3.05, 3.63) is 125 Å². The third-order valence-corrected chi connectivity index (χ3v) is 9.34. The van der Waals surface area contributed by atoms with Crippen LogP contribution in [0.1, 0.15) is 53.2 Å². The lowest BCUT2D eigenvalue weighted by Crippen LogP contribution is -2.56. The van der Waals surface area contributed by atoms with E-state index in [1.807, 2.05) is 85.8 Å². The molecule has 0 radical (unpaired) electrons. The van der Waals surface area contributed by atoms with Crippen molar-refractivity contribution in [2.45, 2.75) is 63.6 Å². The van der Waals surface area contributed by atoms with E-state index in [1.54, 1.807) is 31.4 Å². The molecule has 0 bridgehead atoms. The Morgan fingerprint density at radius 3 is 2.12 bits per heavy atom. The van der Waals surface area contributed by atoms with E-state index < -0.39 is 54.1 Å². The Kier molecular flexibility index (Phi) is 15.9. The van der Waals surface area contributed by atoms with Crippen molar-refractivity contribution in [3.63, 3.8) is 0 Å². The van der Waals surface area contributed by atoms with Gasteiger partial charge in [0, 0.05) is 25.9 Å². The Labute approximate surface area is 333 Å². The summed E-state index contributed by atoms with van der Waals surface area (Å²) in [7, 11) is 1.58. The zero-order valence-electron chi connectivity index (χ0n) is 32.4. The van der Waals surface area contributed by atoms with Crippen LogP contribution in [0.25, 0.3) is 0 Å². The number of fused-ring (bicyclic) bond motifs is 1. The van der Waals surface area contributed by atoms with Crippen LogP contribution in [0.15, 0.2) is 103 Å². The summed E-state index contributed by atoms with van der Waals surface area (Å²) in [4.78, 5) is 68.8. The lowest BCUT2D eigenvalue weighted by Gasteiger charge is -2.25. The standard InChI is InChI=1S/C44H51N5O8/c1-3-56-38-22-21-32(28-39(38)55-2)18-12-23-45-43(53)36-29-40(50)47-35(27-31-16-8-5-9-17-31)44(54)49-34(26-30-14-6-4-7-15-30)42(52)46-24-13-25-57-37-20-11-10-19-33(37)41(51)48-36/h4-11,14-17,19-22,28,34-36H,3,12-13,18,23-27,29H2,1-2H3,(H,45,53)(H,46,52)(H,47,50)(H,48,51)(H,49,54)/t34-,35-,36-/m0/s1. The summed E-state index contributed by atoms with van der Waals surface area (Å²) in [5.74, 6) is -1.26. The second-order valence-electron chi connectivity index (χ2n) is 13.6. The number of amides is 5. The molecular weight excluding hydrogens is 727 g/mol. The maximum atomic E-state index is 14.0. The first-order chi connectivity index (χ1) is 27.7. The third kappa shape index (κ3) is 12.8. The van der Waals surface area contributed by atoms with Gasteiger partial charge in [-0.1, -0.05) is 78.9 Å². The van der Waals surface area contributed by atoms with Crippen molar-refractivity contribution >= 4 is 29.5 Å². The fourth-order valence-electron chi connectivity index (χ4n) is 6.41. The van der Waals surface area contributed by atoms with Crippen molar-refractivity contribution in [2.24, 2.45) is 0 Å². The van der Waals surface area contributed by atoms with Crippen molar-refractivity contribution < 1.29 is 38.2 Å². The highest BCUT2D eigenvalue weighted by Crippen LogP contribution is 2.28. The number of carbonyl (C=O) groups excluding carboxylic acids is 5. The minimum absolute atomic E-state index is 0.113. The van der Waals surface area contributed by atoms with Gasteiger partial charge in [-0.2, -0.15) is 0 Å². The summed E-state index contributed by atoms with van der Waals surface area (Å²) in [5.41, 5.74) is 2.77. The Balaban J connectivity index is 1.37. The highest BCUT2D eigenvalue weighted by Gasteiger charge is 2.30. The predicted octanol–water partition coefficient (Wildman–Crippen LogP) is 3.69. The molecule has 0 aromatic heterocycles. The second kappa shape index (κ2) is 21.6. The number of aryl methyl sites for hydroxylation is 1. The first-order valence-electron chi connectivity index (χ1n) is 19.3. The summed E-state index contributed by atoms with van der Waals surface area (Å²) in [6.07, 6.45) is 1.45. The van der Waals surface area contributed by atoms with E-state index in [0.717, 1.165) is 16.7 Å². The number of carbonyl (C=O) groups is 5. The van der Waals surface area contributed by atoms with Crippen LogP contribution in [-0.4, -0.2) is 81.1 Å². The summed E-state index contributed by atoms with van der Waals surface area (Å²) in [5, 5.41) is 14.1. The van der Waals surface area contributed by atoms with Crippen molar-refractivity contribution in [1.29, 1.82) is 0 Å². The van der Waals surface area contributed by atoms with Gasteiger partial charge in [-0.15, -0.1) is 0 Å². The van der Waals surface area contributed by atoms with Gasteiger partial charge < -0.3 is 40.8 Å². The molecule has 13 heteroatoms. The van der Waals surface area contributed by atoms with E-state index in [4.69, 9.17) is 14.2 Å². The van der Waals surface area contributed by atoms with Crippen molar-refractivity contribution in [3.8, 4) is 17.2 Å². The van der Waals surface area contributed by atoms with Crippen LogP contribution in [0.4, 0.5) is 0 Å². The van der Waals surface area contributed by atoms with Crippen LogP contribution in [0.5, 0.6) is 17.2 Å². The Morgan fingerprint density at radius 1 is 0.772 bits per heavy atom. The van der Waals surface area contributed by atoms with Gasteiger partial charge in [-0.3, -0.25) is 24.0 Å². The highest BCUT2D eigenvalue weighted by atomic mass is 16.5. The molecule has 1 aliphatic heterocycles. The van der Waals surface area contributed by atoms with Crippen LogP contribution in [0.3, 0.4) is 0 Å². The number of methoxy groups -OCH3 is 1. The molecular formula is C44H51N5O8. The average Bonchev–Trinajstić information content (AvgIpc) is 3.22. The lowest BCUT2D eigenvalue weighted by atomic mass is 10.0. The minimum Gasteiger partial charge on any atom is -0.493 e. The van der Waals surface area contributed by atoms with Gasteiger partial charge in [0.25, 0.3) is 5.91 Å². The molecule has 57 heavy (non-hydrogen) atoms. The van der Waals surface area contributed by atoms with Crippen molar-refractivity contribution in [2.75, 3.05) is 33.4 Å². The van der Waals surface area contributed by atoms with Crippen LogP contribution < -0.4 is 40.8 Å². The number of hydrogen-bond acceptors (Lipinski definition) is 8. The molecule has 1 aliphatic rings. The molecule has 0 unspecified atom stereocenters. The third-order valence-electron chi connectivity index (χ3n) is 9.34. The van der Waals surface area contributed by atoms with E-state index >= 15 is 0 Å². The summed E-state index contributed by atoms with van der Waals surface area (Å²) in [6.45, 7) is 3.07. The number of rotatable bonds is 12. The molecule has 1 heterocycles. The van der Waals surface area contributed by atoms with Crippen molar-refractivity contribution in [1.82, 2.24) is 26.6 Å². The fraction of sp³-hybridized carbons (Fsp3) is 0.341. The first kappa shape index (κ1) is 41.8. The van der Waals surface area contributed by atoms with Gasteiger partial charge >= 0.3 is 0 Å². The molecule has 0 saturated heterocycles. The highest BCUT2D eigenvalue weighted by molar-refractivity contribution is 6.01. The van der Waals surface area contributed by atoms with E-state index in [-0.39, 0.29) is 43.9 Å². The molecule has 5 amide bonds. The summed E-state index contributed by atoms with van der Waals surface area (Å²) >= 11 is 0. The largest absolute Gasteiger partial charge is 0.493 e. The molecule has 0 spiro atoms. The number of ether oxygens (including phenoxy) is 3. The van der Waals surface area contributed by atoms with Gasteiger partial charge in [-0.25, -0.2) is 0 Å². The Morgan fingerprint density at radius 2 is 1.44 bits per heavy atom. The van der Waals surface area contributed by atoms with E-state index in [2.05, 4.69) is 26.6 Å². The fourth-order valence-corrected chi connectivity index (χ4v) is 6.41. The summed E-state index contributed by atoms with van der Waals surface area (Å²) < 4.78 is 17.0. The second-order valence-corrected chi connectivity index (χ2v) is 13.6. The summed E-state index contributed by atoms with van der Waals surface area (Å²) in [6, 6.07) is 27.4. The zero-order chi connectivity index (χ0) is 40.4. The van der Waals surface area contributed by atoms with Crippen LogP contribution in [0.2, 0.25) is 0 Å². The first-order valence-corrected chi connectivity index (χ1v) is 19.3. The molecule has 0 saturated carbocycles. The predicted molar refractivity (Wildman–Crippen MR) is 215 cm³/mol. The molecule has 0 aliphatic carbocycles. The molecule has 300 valence electrons. The zero-order valence-corrected chi connectivity index (χ0v) is 32.4. The Hall–Kier alpha value is -6.37. The topological polar surface area (TPSA) is 173 Å². The number of hydrogen-bond donors (Lipinski definition) is 5. The van der Waals surface area contributed by atoms with Gasteiger partial charge in [0.05, 0.1) is 32.3 Å². The van der Waals surface area contributed by atoms with E-state index in [1.165, 1.54) is 0 Å². The quantitative estimate of drug-likeness (QED) is 0.136. The number of nitrogens with one attached hydrogen (secondary N) is 5. The molecule has 3 atom stereocenters. The van der Waals surface area contributed by atoms with Crippen LogP contribution >= 0.6 is 0 Å². The van der Waals surface area contributed by atoms with Gasteiger partial charge in [0.1, 0.15) is 23.9 Å². The SMILES string of the molecule is CCOc1ccc(CCCNC(=O)[C@@H]2CC(=O)N[C@@H](Cc3ccccc3)C(=O)N[C@@H](Cc3ccccc3)C(=O)NCCCOc3ccccc3C(=O)N2)cc1OC. The Bertz CT molecular complexity index is 1960. The maximum absolute atomic E-state index is 14.0. The normalized spacial score (nSPS) is 18.2. The van der Waals surface area contributed by atoms with Gasteiger partial charge in [-0.05, 0) is 67.1 Å². The van der Waals surface area contributed by atoms with E-state index in [0.29, 0.717) is 37.4 Å². The average molecular weight is 778 g/mol. The monoisotopic (exact) mass is 777 g/mol. The smallest absolute Gasteiger partial charge is 0.255 e. The maximum Gasteiger partial charge on any atom is 0.255 e.